The van der Waals surface area contributed by atoms with Gasteiger partial charge < -0.3 is 5.32 Å². The lowest BCUT2D eigenvalue weighted by Gasteiger charge is -2.18. The zero-order chi connectivity index (χ0) is 20.7. The number of Topliss-reactive ketones (excluding diaryl/α,β-unsaturated/α-hetero) is 1. The number of benzene rings is 2. The van der Waals surface area contributed by atoms with Gasteiger partial charge in [0.25, 0.3) is 0 Å². The van der Waals surface area contributed by atoms with E-state index in [-0.39, 0.29) is 29.6 Å². The predicted octanol–water partition coefficient (Wildman–Crippen LogP) is 7.27. The lowest BCUT2D eigenvalue weighted by molar-refractivity contribution is 0.0972. The third-order valence-electron chi connectivity index (χ3n) is 4.47. The molecule has 0 saturated carbocycles. The Hall–Kier alpha value is -1.85. The zero-order valence-corrected chi connectivity index (χ0v) is 17.7. The number of allylic oxidation sites excluding steroid dienone is 1. The van der Waals surface area contributed by atoms with Crippen LogP contribution in [0.5, 0.6) is 0 Å². The molecule has 2 aromatic carbocycles. The molecule has 150 valence electrons. The molecule has 0 unspecified atom stereocenters. The van der Waals surface area contributed by atoms with Crippen molar-refractivity contribution in [2.24, 2.45) is 5.92 Å². The highest BCUT2D eigenvalue weighted by Crippen LogP contribution is 2.28. The van der Waals surface area contributed by atoms with E-state index in [9.17, 15) is 13.6 Å². The van der Waals surface area contributed by atoms with Crippen LogP contribution in [0.25, 0.3) is 0 Å². The number of hydrogen-bond acceptors (Lipinski definition) is 3. The number of carbonyl (C=O) groups is 1. The van der Waals surface area contributed by atoms with E-state index < -0.39 is 17.4 Å². The van der Waals surface area contributed by atoms with Crippen molar-refractivity contribution in [1.82, 2.24) is 0 Å². The third-order valence-corrected chi connectivity index (χ3v) is 5.24. The molecule has 0 radical (unpaired) electrons. The van der Waals surface area contributed by atoms with Crippen LogP contribution in [0.2, 0.25) is 5.02 Å². The summed E-state index contributed by atoms with van der Waals surface area (Å²) in [4.78, 5) is 12.3. The topological polar surface area (TPSA) is 29.1 Å². The zero-order valence-electron chi connectivity index (χ0n) is 16.1. The van der Waals surface area contributed by atoms with Crippen LogP contribution >= 0.6 is 23.4 Å². The van der Waals surface area contributed by atoms with Crippen molar-refractivity contribution in [1.29, 1.82) is 0 Å². The van der Waals surface area contributed by atoms with Gasteiger partial charge in [-0.1, -0.05) is 42.8 Å². The van der Waals surface area contributed by atoms with E-state index in [1.807, 2.05) is 36.8 Å². The molecule has 0 saturated heterocycles. The summed E-state index contributed by atoms with van der Waals surface area (Å²) in [5, 5.41) is 5.42. The number of carbonyl (C=O) groups excluding carboxylic acids is 1. The van der Waals surface area contributed by atoms with Crippen LogP contribution in [0.3, 0.4) is 0 Å². The average molecular weight is 424 g/mol. The third kappa shape index (κ3) is 6.08. The molecule has 0 aliphatic rings. The molecule has 2 atom stereocenters. The van der Waals surface area contributed by atoms with Gasteiger partial charge in [-0.15, -0.1) is 11.8 Å². The summed E-state index contributed by atoms with van der Waals surface area (Å²) in [5.41, 5.74) is 0.559. The summed E-state index contributed by atoms with van der Waals surface area (Å²) in [7, 11) is 0. The first-order chi connectivity index (χ1) is 13.3. The molecule has 0 spiro atoms. The lowest BCUT2D eigenvalue weighted by atomic mass is 9.99. The number of thioether (sulfide) groups is 1. The fourth-order valence-corrected chi connectivity index (χ4v) is 3.54. The van der Waals surface area contributed by atoms with Gasteiger partial charge in [-0.2, -0.15) is 0 Å². The van der Waals surface area contributed by atoms with Gasteiger partial charge in [-0.3, -0.25) is 4.79 Å². The van der Waals surface area contributed by atoms with Gasteiger partial charge in [0, 0.05) is 17.5 Å². The quantitative estimate of drug-likeness (QED) is 0.430. The van der Waals surface area contributed by atoms with Crippen molar-refractivity contribution in [2.45, 2.75) is 32.7 Å². The maximum atomic E-state index is 14.5. The lowest BCUT2D eigenvalue weighted by Crippen LogP contribution is -2.11. The van der Waals surface area contributed by atoms with Crippen molar-refractivity contribution in [3.8, 4) is 0 Å². The van der Waals surface area contributed by atoms with Crippen LogP contribution in [-0.4, -0.2) is 12.0 Å². The van der Waals surface area contributed by atoms with Crippen LogP contribution in [0.4, 0.5) is 14.5 Å². The van der Waals surface area contributed by atoms with Crippen LogP contribution in [0.15, 0.2) is 47.9 Å². The summed E-state index contributed by atoms with van der Waals surface area (Å²) in [6.45, 7) is 3.79. The number of halogens is 3. The first-order valence-corrected chi connectivity index (χ1v) is 10.7. The molecule has 1 N–H and O–H groups in total. The molecule has 2 nitrogen and oxygen atoms in total. The maximum absolute atomic E-state index is 14.5. The molecule has 2 rings (SSSR count). The summed E-state index contributed by atoms with van der Waals surface area (Å²) < 4.78 is 29.0. The number of ketones is 1. The highest BCUT2D eigenvalue weighted by molar-refractivity contribution is 8.01. The van der Waals surface area contributed by atoms with E-state index >= 15 is 0 Å². The normalized spacial score (nSPS) is 13.5. The first-order valence-electron chi connectivity index (χ1n) is 9.06. The molecule has 0 bridgehead atoms. The number of nitrogens with one attached hydrogen (secondary N) is 1. The van der Waals surface area contributed by atoms with E-state index in [0.29, 0.717) is 11.4 Å². The van der Waals surface area contributed by atoms with Gasteiger partial charge in [-0.05, 0) is 48.6 Å². The minimum Gasteiger partial charge on any atom is -0.376 e. The van der Waals surface area contributed by atoms with Gasteiger partial charge in [0.1, 0.15) is 11.6 Å². The molecule has 0 aromatic heterocycles. The number of anilines is 1. The number of hydrogen-bond donors (Lipinski definition) is 1. The largest absolute Gasteiger partial charge is 0.376 e. The highest BCUT2D eigenvalue weighted by atomic mass is 35.5. The summed E-state index contributed by atoms with van der Waals surface area (Å²) >= 11 is 7.74. The van der Waals surface area contributed by atoms with Crippen molar-refractivity contribution < 1.29 is 13.6 Å². The molecule has 0 aliphatic heterocycles. The second-order valence-electron chi connectivity index (χ2n) is 6.70. The first kappa shape index (κ1) is 22.4. The molecule has 0 amide bonds. The Balaban J connectivity index is 2.10. The molecular weight excluding hydrogens is 400 g/mol. The smallest absolute Gasteiger partial charge is 0.165 e. The molecule has 6 heteroatoms. The van der Waals surface area contributed by atoms with E-state index in [0.717, 1.165) is 17.7 Å². The Morgan fingerprint density at radius 2 is 1.93 bits per heavy atom. The Labute approximate surface area is 174 Å². The fraction of sp³-hybridized carbons (Fsp3) is 0.318. The Morgan fingerprint density at radius 1 is 1.21 bits per heavy atom. The van der Waals surface area contributed by atoms with E-state index in [1.54, 1.807) is 30.8 Å². The van der Waals surface area contributed by atoms with Crippen molar-refractivity contribution in [3.63, 3.8) is 0 Å². The van der Waals surface area contributed by atoms with Gasteiger partial charge in [-0.25, -0.2) is 8.78 Å². The van der Waals surface area contributed by atoms with Crippen LogP contribution < -0.4 is 5.32 Å². The Morgan fingerprint density at radius 3 is 2.61 bits per heavy atom. The van der Waals surface area contributed by atoms with E-state index in [2.05, 4.69) is 5.32 Å². The number of rotatable bonds is 9. The minimum absolute atomic E-state index is 0.00209. The average Bonchev–Trinajstić information content (AvgIpc) is 2.67. The van der Waals surface area contributed by atoms with Crippen LogP contribution in [0, 0.1) is 17.6 Å². The van der Waals surface area contributed by atoms with Crippen LogP contribution in [-0.2, 0) is 0 Å². The second kappa shape index (κ2) is 10.6. The SMILES string of the molecule is CS/C=C/[C@@H](C)CCC(=O)c1cc(F)c(N[C@H](C)c2ccccc2Cl)cc1F. The summed E-state index contributed by atoms with van der Waals surface area (Å²) in [6, 6.07) is 8.87. The monoisotopic (exact) mass is 423 g/mol. The van der Waals surface area contributed by atoms with E-state index in [1.165, 1.54) is 0 Å². The predicted molar refractivity (Wildman–Crippen MR) is 115 cm³/mol. The fourth-order valence-electron chi connectivity index (χ4n) is 2.81. The van der Waals surface area contributed by atoms with Gasteiger partial charge in [0.15, 0.2) is 5.78 Å². The molecule has 0 heterocycles. The van der Waals surface area contributed by atoms with Crippen molar-refractivity contribution >= 4 is 34.8 Å². The molecule has 0 fully saturated rings. The molecule has 2 aromatic rings. The van der Waals surface area contributed by atoms with Crippen LogP contribution in [0.1, 0.15) is 48.7 Å². The van der Waals surface area contributed by atoms with Crippen molar-refractivity contribution in [3.05, 3.63) is 75.7 Å². The van der Waals surface area contributed by atoms with Gasteiger partial charge in [0.2, 0.25) is 0 Å². The molecule has 0 aliphatic carbocycles. The van der Waals surface area contributed by atoms with E-state index in [4.69, 9.17) is 11.6 Å². The van der Waals surface area contributed by atoms with Crippen molar-refractivity contribution in [2.75, 3.05) is 11.6 Å². The highest BCUT2D eigenvalue weighted by Gasteiger charge is 2.18. The molecular formula is C22H24ClF2NOS. The van der Waals surface area contributed by atoms with Gasteiger partial charge in [0.05, 0.1) is 17.3 Å². The summed E-state index contributed by atoms with van der Waals surface area (Å²) in [6.07, 6.45) is 4.70. The second-order valence-corrected chi connectivity index (χ2v) is 7.85. The summed E-state index contributed by atoms with van der Waals surface area (Å²) in [5.74, 6) is -1.60. The maximum Gasteiger partial charge on any atom is 0.165 e. The standard InChI is InChI=1S/C22H24ClF2NOS/c1-14(10-11-28-3)8-9-22(27)17-12-20(25)21(13-19(17)24)26-15(2)16-6-4-5-7-18(16)23/h4-7,10-15,26H,8-9H2,1-3H3/b11-10+/t14-,15+/m0/s1. The molecule has 28 heavy (non-hydrogen) atoms. The minimum atomic E-state index is -0.729. The van der Waals surface area contributed by atoms with Gasteiger partial charge >= 0.3 is 0 Å². The Bertz CT molecular complexity index is 856. The Kier molecular flexibility index (Phi) is 8.52.